The van der Waals surface area contributed by atoms with E-state index in [1.807, 2.05) is 50.2 Å². The first kappa shape index (κ1) is 33.0. The number of hydrogen-bond acceptors (Lipinski definition) is 5. The maximum absolute atomic E-state index is 14.7. The Morgan fingerprint density at radius 3 is 1.95 bits per heavy atom. The number of carbonyl (C=O) groups excluding carboxylic acids is 2. The molecule has 6 heteroatoms. The minimum Gasteiger partial charge on any atom is -0.494 e. The van der Waals surface area contributed by atoms with Gasteiger partial charge in [-0.3, -0.25) is 4.79 Å². The van der Waals surface area contributed by atoms with Gasteiger partial charge in [0.15, 0.2) is 5.78 Å². The normalized spacial score (nSPS) is 11.9. The molecule has 0 saturated heterocycles. The van der Waals surface area contributed by atoms with Gasteiger partial charge in [0.05, 0.1) is 23.8 Å². The van der Waals surface area contributed by atoms with Gasteiger partial charge >= 0.3 is 5.97 Å². The first-order valence-corrected chi connectivity index (χ1v) is 15.3. The van der Waals surface area contributed by atoms with E-state index in [9.17, 15) is 14.0 Å². The van der Waals surface area contributed by atoms with Gasteiger partial charge in [0, 0.05) is 18.6 Å². The van der Waals surface area contributed by atoms with E-state index in [0.29, 0.717) is 18.6 Å². The lowest BCUT2D eigenvalue weighted by molar-refractivity contribution is 0.0639. The van der Waals surface area contributed by atoms with Crippen LogP contribution in [-0.4, -0.2) is 31.1 Å². The largest absolute Gasteiger partial charge is 0.494 e. The van der Waals surface area contributed by atoms with Crippen molar-refractivity contribution >= 4 is 11.8 Å². The highest BCUT2D eigenvalue weighted by molar-refractivity contribution is 5.98. The van der Waals surface area contributed by atoms with Crippen LogP contribution in [0.1, 0.15) is 99.8 Å². The molecule has 3 aromatic carbocycles. The monoisotopic (exact) mass is 576 g/mol. The van der Waals surface area contributed by atoms with Crippen LogP contribution in [0, 0.1) is 11.7 Å². The summed E-state index contributed by atoms with van der Waals surface area (Å²) in [7, 11) is 0. The van der Waals surface area contributed by atoms with E-state index in [-0.39, 0.29) is 29.1 Å². The molecule has 0 amide bonds. The van der Waals surface area contributed by atoms with E-state index in [1.54, 1.807) is 19.1 Å². The lowest BCUT2D eigenvalue weighted by atomic mass is 9.96. The topological polar surface area (TPSA) is 61.8 Å². The van der Waals surface area contributed by atoms with Gasteiger partial charge in [-0.05, 0) is 74.2 Å². The molecule has 5 nitrogen and oxygen atoms in total. The fourth-order valence-electron chi connectivity index (χ4n) is 4.59. The quantitative estimate of drug-likeness (QED) is 0.0653. The van der Waals surface area contributed by atoms with Gasteiger partial charge < -0.3 is 14.2 Å². The molecule has 0 N–H and O–H groups in total. The Bertz CT molecular complexity index is 1250. The summed E-state index contributed by atoms with van der Waals surface area (Å²) in [6, 6.07) is 18.8. The molecule has 226 valence electrons. The Balaban J connectivity index is 1.48. The number of hydrogen-bond donors (Lipinski definition) is 0. The summed E-state index contributed by atoms with van der Waals surface area (Å²) in [4.78, 5) is 25.3. The van der Waals surface area contributed by atoms with Crippen LogP contribution in [0.25, 0.3) is 11.1 Å². The van der Waals surface area contributed by atoms with Crippen LogP contribution in [0.3, 0.4) is 0 Å². The summed E-state index contributed by atoms with van der Waals surface area (Å²) >= 11 is 0. The molecule has 1 unspecified atom stereocenters. The highest BCUT2D eigenvalue weighted by Crippen LogP contribution is 2.25. The van der Waals surface area contributed by atoms with Crippen LogP contribution >= 0.6 is 0 Å². The van der Waals surface area contributed by atoms with Crippen molar-refractivity contribution < 1.29 is 28.2 Å². The molecule has 0 saturated carbocycles. The molecular formula is C36H45FO5. The molecule has 0 aliphatic rings. The lowest BCUT2D eigenvalue weighted by Gasteiger charge is -2.13. The number of ketones is 1. The number of benzene rings is 3. The van der Waals surface area contributed by atoms with Crippen molar-refractivity contribution in [1.29, 1.82) is 0 Å². The number of Topliss-reactive ketones (excluding diaryl/α,β-unsaturated/α-hetero) is 1. The van der Waals surface area contributed by atoms with Gasteiger partial charge in [-0.2, -0.15) is 0 Å². The zero-order valence-corrected chi connectivity index (χ0v) is 25.5. The molecule has 1 atom stereocenters. The van der Waals surface area contributed by atoms with Gasteiger partial charge in [0.2, 0.25) is 0 Å². The first-order chi connectivity index (χ1) is 20.3. The molecule has 0 aromatic heterocycles. The van der Waals surface area contributed by atoms with Crippen molar-refractivity contribution in [2.24, 2.45) is 5.92 Å². The highest BCUT2D eigenvalue weighted by Gasteiger charge is 2.20. The summed E-state index contributed by atoms with van der Waals surface area (Å²) in [5.41, 5.74) is 2.27. The maximum Gasteiger partial charge on any atom is 0.343 e. The molecule has 0 aliphatic carbocycles. The number of halogens is 1. The molecule has 0 fully saturated rings. The third kappa shape index (κ3) is 10.7. The van der Waals surface area contributed by atoms with Crippen LogP contribution in [0.5, 0.6) is 11.5 Å². The first-order valence-electron chi connectivity index (χ1n) is 15.3. The Kier molecular flexibility index (Phi) is 13.7. The molecule has 0 aliphatic heterocycles. The van der Waals surface area contributed by atoms with E-state index < -0.39 is 11.8 Å². The standard InChI is InChI=1S/C36H45FO5/c1-5-6-7-8-9-10-11-23-41-31-18-16-29(17-19-31)28-12-14-30(15-13-28)36(39)42-32-20-21-33(34(37)25-32)35(38)27(4)22-24-40-26(2)3/h12-21,25-27H,5-11,22-24H2,1-4H3. The second kappa shape index (κ2) is 17.4. The Morgan fingerprint density at radius 1 is 0.738 bits per heavy atom. The number of rotatable bonds is 18. The van der Waals surface area contributed by atoms with Crippen LogP contribution in [0.15, 0.2) is 66.7 Å². The average molecular weight is 577 g/mol. The minimum atomic E-state index is -0.716. The minimum absolute atomic E-state index is 0.0228. The van der Waals surface area contributed by atoms with Crippen molar-refractivity contribution in [3.8, 4) is 22.6 Å². The second-order valence-corrected chi connectivity index (χ2v) is 11.1. The summed E-state index contributed by atoms with van der Waals surface area (Å²) in [5, 5.41) is 0. The van der Waals surface area contributed by atoms with E-state index >= 15 is 0 Å². The Hall–Kier alpha value is -3.51. The molecular weight excluding hydrogens is 531 g/mol. The number of esters is 1. The Morgan fingerprint density at radius 2 is 1.33 bits per heavy atom. The molecule has 3 aromatic rings. The third-order valence-electron chi connectivity index (χ3n) is 7.19. The second-order valence-electron chi connectivity index (χ2n) is 11.1. The van der Waals surface area contributed by atoms with Crippen LogP contribution in [0.4, 0.5) is 4.39 Å². The molecule has 42 heavy (non-hydrogen) atoms. The molecule has 0 heterocycles. The van der Waals surface area contributed by atoms with Gasteiger partial charge in [-0.15, -0.1) is 0 Å². The van der Waals surface area contributed by atoms with Gasteiger partial charge in [-0.25, -0.2) is 9.18 Å². The van der Waals surface area contributed by atoms with E-state index in [0.717, 1.165) is 36.0 Å². The fraction of sp³-hybridized carbons (Fsp3) is 0.444. The van der Waals surface area contributed by atoms with Crippen LogP contribution in [-0.2, 0) is 4.74 Å². The summed E-state index contributed by atoms with van der Waals surface area (Å²) < 4.78 is 31.5. The lowest BCUT2D eigenvalue weighted by Crippen LogP contribution is -2.17. The summed E-state index contributed by atoms with van der Waals surface area (Å²) in [5.74, 6) is -1.12. The van der Waals surface area contributed by atoms with Gasteiger partial charge in [0.1, 0.15) is 17.3 Å². The van der Waals surface area contributed by atoms with Crippen LogP contribution in [0.2, 0.25) is 0 Å². The van der Waals surface area contributed by atoms with Crippen molar-refractivity contribution in [3.05, 3.63) is 83.7 Å². The zero-order chi connectivity index (χ0) is 30.3. The molecule has 0 radical (unpaired) electrons. The van der Waals surface area contributed by atoms with E-state index in [2.05, 4.69) is 6.92 Å². The third-order valence-corrected chi connectivity index (χ3v) is 7.19. The number of carbonyl (C=O) groups is 2. The molecule has 3 rings (SSSR count). The number of unbranched alkanes of at least 4 members (excludes halogenated alkanes) is 6. The van der Waals surface area contributed by atoms with Crippen molar-refractivity contribution in [2.45, 2.75) is 85.2 Å². The smallest absolute Gasteiger partial charge is 0.343 e. The van der Waals surface area contributed by atoms with E-state index in [1.165, 1.54) is 50.7 Å². The SMILES string of the molecule is CCCCCCCCCOc1ccc(-c2ccc(C(=O)Oc3ccc(C(=O)C(C)CCOC(C)C)c(F)c3)cc2)cc1. The molecule has 0 spiro atoms. The van der Waals surface area contributed by atoms with Crippen molar-refractivity contribution in [1.82, 2.24) is 0 Å². The summed E-state index contributed by atoms with van der Waals surface area (Å²) in [6.45, 7) is 8.99. The van der Waals surface area contributed by atoms with Gasteiger partial charge in [-0.1, -0.05) is 76.6 Å². The average Bonchev–Trinajstić information content (AvgIpc) is 2.98. The Labute approximate surface area is 250 Å². The number of ether oxygens (including phenoxy) is 3. The van der Waals surface area contributed by atoms with Crippen molar-refractivity contribution in [3.63, 3.8) is 0 Å². The van der Waals surface area contributed by atoms with Gasteiger partial charge in [0.25, 0.3) is 0 Å². The highest BCUT2D eigenvalue weighted by atomic mass is 19.1. The zero-order valence-electron chi connectivity index (χ0n) is 25.5. The van der Waals surface area contributed by atoms with Crippen molar-refractivity contribution in [2.75, 3.05) is 13.2 Å². The fourth-order valence-corrected chi connectivity index (χ4v) is 4.59. The predicted octanol–water partition coefficient (Wildman–Crippen LogP) is 9.48. The predicted molar refractivity (Wildman–Crippen MR) is 166 cm³/mol. The maximum atomic E-state index is 14.7. The van der Waals surface area contributed by atoms with Crippen LogP contribution < -0.4 is 9.47 Å². The molecule has 0 bridgehead atoms. The summed E-state index contributed by atoms with van der Waals surface area (Å²) in [6.07, 6.45) is 9.34. The van der Waals surface area contributed by atoms with E-state index in [4.69, 9.17) is 14.2 Å².